The first-order valence-electron chi connectivity index (χ1n) is 6.37. The van der Waals surface area contributed by atoms with Crippen LogP contribution in [-0.4, -0.2) is 17.5 Å². The highest BCUT2D eigenvalue weighted by atomic mass is 19.1. The maximum absolute atomic E-state index is 14.0. The van der Waals surface area contributed by atoms with Gasteiger partial charge in [-0.25, -0.2) is 13.8 Å². The molecule has 0 aliphatic carbocycles. The minimum Gasteiger partial charge on any atom is -0.493 e. The fraction of sp³-hybridized carbons (Fsp3) is 0.200. The van der Waals surface area contributed by atoms with Crippen LogP contribution in [0, 0.1) is 11.6 Å². The molecule has 0 unspecified atom stereocenters. The van der Waals surface area contributed by atoms with Crippen molar-refractivity contribution in [2.45, 2.75) is 13.8 Å². The zero-order valence-corrected chi connectivity index (χ0v) is 11.6. The first-order chi connectivity index (χ1) is 10.0. The SMILES string of the molecule is CCOc1cc(F)ccc1-c1cc(NC(C)=O)ncc1F. The number of hydrogen-bond acceptors (Lipinski definition) is 3. The van der Waals surface area contributed by atoms with Crippen molar-refractivity contribution in [3.63, 3.8) is 0 Å². The molecule has 0 aliphatic heterocycles. The van der Waals surface area contributed by atoms with Crippen LogP contribution in [-0.2, 0) is 4.79 Å². The normalized spacial score (nSPS) is 10.3. The number of aromatic nitrogens is 1. The highest BCUT2D eigenvalue weighted by Gasteiger charge is 2.14. The molecule has 110 valence electrons. The van der Waals surface area contributed by atoms with Crippen LogP contribution in [0.3, 0.4) is 0 Å². The molecule has 0 spiro atoms. The van der Waals surface area contributed by atoms with Crippen LogP contribution in [0.25, 0.3) is 11.1 Å². The van der Waals surface area contributed by atoms with Gasteiger partial charge < -0.3 is 10.1 Å². The smallest absolute Gasteiger partial charge is 0.222 e. The molecule has 2 aromatic rings. The number of amides is 1. The number of anilines is 1. The second-order valence-electron chi connectivity index (χ2n) is 4.30. The van der Waals surface area contributed by atoms with Crippen molar-refractivity contribution in [1.29, 1.82) is 0 Å². The van der Waals surface area contributed by atoms with Gasteiger partial charge >= 0.3 is 0 Å². The van der Waals surface area contributed by atoms with E-state index >= 15 is 0 Å². The van der Waals surface area contributed by atoms with Gasteiger partial charge in [0.2, 0.25) is 5.91 Å². The predicted octanol–water partition coefficient (Wildman–Crippen LogP) is 3.38. The van der Waals surface area contributed by atoms with Crippen molar-refractivity contribution in [3.8, 4) is 16.9 Å². The van der Waals surface area contributed by atoms with Crippen LogP contribution in [0.1, 0.15) is 13.8 Å². The molecule has 0 saturated heterocycles. The van der Waals surface area contributed by atoms with Crippen molar-refractivity contribution in [3.05, 3.63) is 42.1 Å². The average Bonchev–Trinajstić information content (AvgIpc) is 2.41. The Labute approximate surface area is 120 Å². The maximum Gasteiger partial charge on any atom is 0.222 e. The third-order valence-corrected chi connectivity index (χ3v) is 2.69. The fourth-order valence-electron chi connectivity index (χ4n) is 1.89. The quantitative estimate of drug-likeness (QED) is 0.939. The summed E-state index contributed by atoms with van der Waals surface area (Å²) >= 11 is 0. The number of carbonyl (C=O) groups excluding carboxylic acids is 1. The number of pyridine rings is 1. The zero-order chi connectivity index (χ0) is 15.4. The van der Waals surface area contributed by atoms with Crippen LogP contribution < -0.4 is 10.1 Å². The van der Waals surface area contributed by atoms with E-state index in [1.807, 2.05) is 0 Å². The summed E-state index contributed by atoms with van der Waals surface area (Å²) in [4.78, 5) is 14.8. The second-order valence-corrected chi connectivity index (χ2v) is 4.30. The zero-order valence-electron chi connectivity index (χ0n) is 11.6. The lowest BCUT2D eigenvalue weighted by Gasteiger charge is -2.12. The minimum atomic E-state index is -0.586. The van der Waals surface area contributed by atoms with Crippen molar-refractivity contribution in [2.75, 3.05) is 11.9 Å². The molecule has 1 heterocycles. The molecular formula is C15H14F2N2O2. The lowest BCUT2D eigenvalue weighted by molar-refractivity contribution is -0.114. The molecule has 0 aliphatic rings. The van der Waals surface area contributed by atoms with E-state index in [1.165, 1.54) is 31.2 Å². The Morgan fingerprint density at radius 3 is 2.71 bits per heavy atom. The van der Waals surface area contributed by atoms with Gasteiger partial charge in [0, 0.05) is 24.1 Å². The average molecular weight is 292 g/mol. The highest BCUT2D eigenvalue weighted by Crippen LogP contribution is 2.33. The van der Waals surface area contributed by atoms with E-state index in [4.69, 9.17) is 4.74 Å². The number of benzene rings is 1. The topological polar surface area (TPSA) is 51.2 Å². The number of nitrogens with one attached hydrogen (secondary N) is 1. The number of nitrogens with zero attached hydrogens (tertiary/aromatic N) is 1. The fourth-order valence-corrected chi connectivity index (χ4v) is 1.89. The van der Waals surface area contributed by atoms with Crippen LogP contribution in [0.2, 0.25) is 0 Å². The van der Waals surface area contributed by atoms with Crippen molar-refractivity contribution >= 4 is 11.7 Å². The van der Waals surface area contributed by atoms with E-state index in [0.29, 0.717) is 12.2 Å². The molecule has 1 aromatic heterocycles. The van der Waals surface area contributed by atoms with Gasteiger partial charge in [0.1, 0.15) is 23.2 Å². The molecule has 0 fully saturated rings. The highest BCUT2D eigenvalue weighted by molar-refractivity contribution is 5.88. The van der Waals surface area contributed by atoms with E-state index < -0.39 is 11.6 Å². The van der Waals surface area contributed by atoms with Crippen molar-refractivity contribution < 1.29 is 18.3 Å². The van der Waals surface area contributed by atoms with Gasteiger partial charge in [0.25, 0.3) is 0 Å². The molecule has 1 amide bonds. The predicted molar refractivity (Wildman–Crippen MR) is 75.1 cm³/mol. The summed E-state index contributed by atoms with van der Waals surface area (Å²) in [6.45, 7) is 3.40. The summed E-state index contributed by atoms with van der Waals surface area (Å²) < 4.78 is 32.6. The summed E-state index contributed by atoms with van der Waals surface area (Å²) in [6.07, 6.45) is 1.000. The largest absolute Gasteiger partial charge is 0.493 e. The molecule has 0 radical (unpaired) electrons. The minimum absolute atomic E-state index is 0.178. The molecule has 4 nitrogen and oxygen atoms in total. The van der Waals surface area contributed by atoms with Gasteiger partial charge in [0.15, 0.2) is 0 Å². The molecule has 2 rings (SSSR count). The molecule has 0 atom stereocenters. The molecule has 0 saturated carbocycles. The lowest BCUT2D eigenvalue weighted by Crippen LogP contribution is -2.08. The Hall–Kier alpha value is -2.50. The van der Waals surface area contributed by atoms with E-state index in [1.54, 1.807) is 6.92 Å². The summed E-state index contributed by atoms with van der Waals surface area (Å²) in [6, 6.07) is 5.22. The van der Waals surface area contributed by atoms with Crippen LogP contribution >= 0.6 is 0 Å². The third-order valence-electron chi connectivity index (χ3n) is 2.69. The molecule has 1 aromatic carbocycles. The number of carbonyl (C=O) groups is 1. The van der Waals surface area contributed by atoms with Gasteiger partial charge in [-0.3, -0.25) is 4.79 Å². The third kappa shape index (κ3) is 3.53. The van der Waals surface area contributed by atoms with Gasteiger partial charge in [-0.1, -0.05) is 0 Å². The van der Waals surface area contributed by atoms with Gasteiger partial charge in [-0.15, -0.1) is 0 Å². The van der Waals surface area contributed by atoms with Crippen molar-refractivity contribution in [2.24, 2.45) is 0 Å². The summed E-state index contributed by atoms with van der Waals surface area (Å²) in [7, 11) is 0. The van der Waals surface area contributed by atoms with Gasteiger partial charge in [-0.05, 0) is 25.1 Å². The summed E-state index contributed by atoms with van der Waals surface area (Å²) in [5, 5.41) is 2.47. The Morgan fingerprint density at radius 2 is 2.05 bits per heavy atom. The molecule has 6 heteroatoms. The first-order valence-corrected chi connectivity index (χ1v) is 6.37. The monoisotopic (exact) mass is 292 g/mol. The van der Waals surface area contributed by atoms with E-state index in [0.717, 1.165) is 6.20 Å². The second kappa shape index (κ2) is 6.30. The summed E-state index contributed by atoms with van der Waals surface area (Å²) in [5.41, 5.74) is 0.571. The first kappa shape index (κ1) is 14.9. The lowest BCUT2D eigenvalue weighted by atomic mass is 10.0. The van der Waals surface area contributed by atoms with Crippen LogP contribution in [0.4, 0.5) is 14.6 Å². The van der Waals surface area contributed by atoms with Gasteiger partial charge in [-0.2, -0.15) is 0 Å². The number of halogens is 2. The molecule has 0 bridgehead atoms. The van der Waals surface area contributed by atoms with E-state index in [-0.39, 0.29) is 23.0 Å². The van der Waals surface area contributed by atoms with Crippen LogP contribution in [0.5, 0.6) is 5.75 Å². The molecule has 1 N–H and O–H groups in total. The Kier molecular flexibility index (Phi) is 4.47. The molecular weight excluding hydrogens is 278 g/mol. The number of hydrogen-bond donors (Lipinski definition) is 1. The molecule has 21 heavy (non-hydrogen) atoms. The van der Waals surface area contributed by atoms with E-state index in [9.17, 15) is 13.6 Å². The van der Waals surface area contributed by atoms with Gasteiger partial charge in [0.05, 0.1) is 12.8 Å². The number of rotatable bonds is 4. The standard InChI is InChI=1S/C15H14F2N2O2/c1-3-21-14-6-10(16)4-5-11(14)12-7-15(19-9(2)20)18-8-13(12)17/h4-8H,3H2,1-2H3,(H,18,19,20). The van der Waals surface area contributed by atoms with Crippen molar-refractivity contribution in [1.82, 2.24) is 4.98 Å². The Bertz CT molecular complexity index is 675. The number of ether oxygens (including phenoxy) is 1. The summed E-state index contributed by atoms with van der Waals surface area (Å²) in [5.74, 6) is -0.929. The Balaban J connectivity index is 2.52. The van der Waals surface area contributed by atoms with E-state index in [2.05, 4.69) is 10.3 Å². The maximum atomic E-state index is 14.0. The Morgan fingerprint density at radius 1 is 1.29 bits per heavy atom. The van der Waals surface area contributed by atoms with Crippen LogP contribution in [0.15, 0.2) is 30.5 Å².